The minimum absolute atomic E-state index is 0.0158. The van der Waals surface area contributed by atoms with E-state index in [1.165, 1.54) is 23.1 Å². The SMILES string of the molecule is C=CCn1c(SCc2cn3cccc(C)c3n2)nc2scc(-c3cccs3)c2c1=O. The van der Waals surface area contributed by atoms with Crippen LogP contribution in [-0.4, -0.2) is 18.9 Å². The van der Waals surface area contributed by atoms with Gasteiger partial charge in [-0.25, -0.2) is 9.97 Å². The summed E-state index contributed by atoms with van der Waals surface area (Å²) < 4.78 is 3.75. The van der Waals surface area contributed by atoms with Crippen molar-refractivity contribution in [3.8, 4) is 10.4 Å². The second kappa shape index (κ2) is 7.86. The van der Waals surface area contributed by atoms with Crippen LogP contribution >= 0.6 is 34.4 Å². The van der Waals surface area contributed by atoms with Crippen molar-refractivity contribution in [1.82, 2.24) is 18.9 Å². The van der Waals surface area contributed by atoms with E-state index < -0.39 is 0 Å². The highest BCUT2D eigenvalue weighted by molar-refractivity contribution is 7.98. The van der Waals surface area contributed by atoms with Crippen LogP contribution < -0.4 is 5.56 Å². The molecule has 5 aromatic rings. The molecule has 0 saturated carbocycles. The number of pyridine rings is 1. The molecule has 0 bridgehead atoms. The minimum Gasteiger partial charge on any atom is -0.307 e. The Morgan fingerprint density at radius 2 is 2.13 bits per heavy atom. The molecule has 5 rings (SSSR count). The smallest absolute Gasteiger partial charge is 0.263 e. The lowest BCUT2D eigenvalue weighted by molar-refractivity contribution is 0.673. The van der Waals surface area contributed by atoms with Crippen LogP contribution in [0.15, 0.2) is 70.0 Å². The van der Waals surface area contributed by atoms with Crippen molar-refractivity contribution in [2.75, 3.05) is 0 Å². The first-order valence-corrected chi connectivity index (χ1v) is 12.1. The first-order valence-electron chi connectivity index (χ1n) is 9.38. The standard InChI is InChI=1S/C22H18N4OS3/c1-3-8-26-21(27)18-16(17-7-5-10-28-17)13-29-20(18)24-22(26)30-12-15-11-25-9-4-6-14(2)19(25)23-15/h3-7,9-11,13H,1,8,12H2,2H3. The van der Waals surface area contributed by atoms with Gasteiger partial charge in [-0.3, -0.25) is 9.36 Å². The van der Waals surface area contributed by atoms with E-state index in [1.54, 1.807) is 22.0 Å². The highest BCUT2D eigenvalue weighted by Crippen LogP contribution is 2.35. The Morgan fingerprint density at radius 3 is 2.90 bits per heavy atom. The molecular weight excluding hydrogens is 432 g/mol. The second-order valence-corrected chi connectivity index (χ2v) is 9.60. The van der Waals surface area contributed by atoms with Gasteiger partial charge in [0.25, 0.3) is 5.56 Å². The van der Waals surface area contributed by atoms with Crippen molar-refractivity contribution in [3.05, 3.63) is 81.7 Å². The summed E-state index contributed by atoms with van der Waals surface area (Å²) in [4.78, 5) is 24.8. The van der Waals surface area contributed by atoms with Gasteiger partial charge in [0.2, 0.25) is 0 Å². The zero-order valence-corrected chi connectivity index (χ0v) is 18.7. The van der Waals surface area contributed by atoms with Gasteiger partial charge in [0.1, 0.15) is 10.5 Å². The second-order valence-electron chi connectivity index (χ2n) is 6.85. The first kappa shape index (κ1) is 19.3. The molecule has 0 radical (unpaired) electrons. The fraction of sp³-hybridized carbons (Fsp3) is 0.136. The number of thioether (sulfide) groups is 1. The predicted molar refractivity (Wildman–Crippen MR) is 127 cm³/mol. The van der Waals surface area contributed by atoms with Gasteiger partial charge in [-0.05, 0) is 30.0 Å². The van der Waals surface area contributed by atoms with E-state index in [1.807, 2.05) is 45.8 Å². The zero-order valence-electron chi connectivity index (χ0n) is 16.2. The highest BCUT2D eigenvalue weighted by Gasteiger charge is 2.18. The van der Waals surface area contributed by atoms with Gasteiger partial charge in [0.05, 0.1) is 11.1 Å². The quantitative estimate of drug-likeness (QED) is 0.191. The van der Waals surface area contributed by atoms with Gasteiger partial charge < -0.3 is 4.40 Å². The fourth-order valence-electron chi connectivity index (χ4n) is 3.43. The number of aryl methyl sites for hydroxylation is 1. The Labute approximate surface area is 185 Å². The fourth-order valence-corrected chi connectivity index (χ4v) is 6.13. The first-order chi connectivity index (χ1) is 14.7. The van der Waals surface area contributed by atoms with Crippen LogP contribution in [0, 0.1) is 6.92 Å². The number of rotatable bonds is 6. The zero-order chi connectivity index (χ0) is 20.7. The lowest BCUT2D eigenvalue weighted by Crippen LogP contribution is -2.22. The molecule has 0 fully saturated rings. The summed E-state index contributed by atoms with van der Waals surface area (Å²) in [6.07, 6.45) is 5.77. The van der Waals surface area contributed by atoms with E-state index in [2.05, 4.69) is 19.6 Å². The van der Waals surface area contributed by atoms with Gasteiger partial charge in [-0.15, -0.1) is 29.3 Å². The summed E-state index contributed by atoms with van der Waals surface area (Å²) in [5.74, 6) is 0.638. The average molecular weight is 451 g/mol. The third-order valence-corrected chi connectivity index (χ3v) is 7.62. The van der Waals surface area contributed by atoms with Gasteiger partial charge in [0, 0.05) is 40.5 Å². The van der Waals surface area contributed by atoms with Crippen LogP contribution in [0.5, 0.6) is 0 Å². The molecule has 0 aliphatic carbocycles. The van der Waals surface area contributed by atoms with Crippen LogP contribution in [0.2, 0.25) is 0 Å². The Kier molecular flexibility index (Phi) is 5.06. The van der Waals surface area contributed by atoms with Crippen molar-refractivity contribution in [2.24, 2.45) is 0 Å². The van der Waals surface area contributed by atoms with E-state index in [0.717, 1.165) is 32.2 Å². The maximum atomic E-state index is 13.4. The van der Waals surface area contributed by atoms with Crippen LogP contribution in [0.25, 0.3) is 26.3 Å². The predicted octanol–water partition coefficient (Wildman–Crippen LogP) is 5.62. The Balaban J connectivity index is 1.54. The number of thiophene rings is 2. The number of imidazole rings is 1. The molecule has 0 atom stereocenters. The van der Waals surface area contributed by atoms with Gasteiger partial charge >= 0.3 is 0 Å². The van der Waals surface area contributed by atoms with E-state index in [9.17, 15) is 4.79 Å². The summed E-state index contributed by atoms with van der Waals surface area (Å²) in [5.41, 5.74) is 4.00. The maximum absolute atomic E-state index is 13.4. The molecule has 0 unspecified atom stereocenters. The lowest BCUT2D eigenvalue weighted by Gasteiger charge is -2.10. The molecule has 5 nitrogen and oxygen atoms in total. The number of hydrogen-bond donors (Lipinski definition) is 0. The number of fused-ring (bicyclic) bond motifs is 2. The average Bonchev–Trinajstić information content (AvgIpc) is 3.48. The molecule has 0 N–H and O–H groups in total. The molecule has 0 aliphatic rings. The van der Waals surface area contributed by atoms with Crippen LogP contribution in [0.3, 0.4) is 0 Å². The molecule has 0 aliphatic heterocycles. The minimum atomic E-state index is -0.0158. The van der Waals surface area contributed by atoms with Gasteiger partial charge in [-0.1, -0.05) is 30.0 Å². The summed E-state index contributed by atoms with van der Waals surface area (Å²) in [6.45, 7) is 6.31. The Hall–Kier alpha value is -2.68. The van der Waals surface area contributed by atoms with E-state index in [-0.39, 0.29) is 5.56 Å². The molecule has 0 amide bonds. The third-order valence-electron chi connectivity index (χ3n) is 4.83. The molecule has 5 heterocycles. The Bertz CT molecular complexity index is 1430. The lowest BCUT2D eigenvalue weighted by atomic mass is 10.2. The normalized spacial score (nSPS) is 11.5. The van der Waals surface area contributed by atoms with Crippen LogP contribution in [0.4, 0.5) is 0 Å². The van der Waals surface area contributed by atoms with E-state index in [4.69, 9.17) is 9.97 Å². The highest BCUT2D eigenvalue weighted by atomic mass is 32.2. The molecule has 0 spiro atoms. The van der Waals surface area contributed by atoms with Crippen molar-refractivity contribution >= 4 is 50.3 Å². The summed E-state index contributed by atoms with van der Waals surface area (Å²) in [5, 5.41) is 5.44. The molecule has 5 aromatic heterocycles. The van der Waals surface area contributed by atoms with Gasteiger partial charge in [-0.2, -0.15) is 0 Å². The summed E-state index contributed by atoms with van der Waals surface area (Å²) >= 11 is 4.69. The number of hydrogen-bond acceptors (Lipinski definition) is 6. The maximum Gasteiger partial charge on any atom is 0.263 e. The van der Waals surface area contributed by atoms with E-state index >= 15 is 0 Å². The third kappa shape index (κ3) is 3.30. The van der Waals surface area contributed by atoms with Crippen LogP contribution in [0.1, 0.15) is 11.3 Å². The monoisotopic (exact) mass is 450 g/mol. The molecule has 150 valence electrons. The molecule has 30 heavy (non-hydrogen) atoms. The van der Waals surface area contributed by atoms with Crippen molar-refractivity contribution in [2.45, 2.75) is 24.4 Å². The summed E-state index contributed by atoms with van der Waals surface area (Å²) in [7, 11) is 0. The van der Waals surface area contributed by atoms with E-state index in [0.29, 0.717) is 22.8 Å². The topological polar surface area (TPSA) is 52.2 Å². The van der Waals surface area contributed by atoms with Crippen molar-refractivity contribution in [3.63, 3.8) is 0 Å². The van der Waals surface area contributed by atoms with Crippen LogP contribution in [-0.2, 0) is 12.3 Å². The van der Waals surface area contributed by atoms with Crippen molar-refractivity contribution in [1.29, 1.82) is 0 Å². The molecule has 0 saturated heterocycles. The van der Waals surface area contributed by atoms with Gasteiger partial charge in [0.15, 0.2) is 5.16 Å². The number of allylic oxidation sites excluding steroid dienone is 1. The summed E-state index contributed by atoms with van der Waals surface area (Å²) in [6, 6.07) is 8.11. The molecule has 8 heteroatoms. The van der Waals surface area contributed by atoms with Crippen molar-refractivity contribution < 1.29 is 0 Å². The number of aromatic nitrogens is 4. The Morgan fingerprint density at radius 1 is 1.23 bits per heavy atom. The molecule has 0 aromatic carbocycles. The molecular formula is C22H18N4OS3. The largest absolute Gasteiger partial charge is 0.307 e. The number of nitrogens with zero attached hydrogens (tertiary/aromatic N) is 4.